The van der Waals surface area contributed by atoms with E-state index in [1.165, 1.54) is 4.90 Å². The number of nitrogens with zero attached hydrogens (tertiary/aromatic N) is 3. The van der Waals surface area contributed by atoms with Crippen LogP contribution in [-0.4, -0.2) is 80.0 Å². The molecule has 2 amide bonds. The summed E-state index contributed by atoms with van der Waals surface area (Å²) >= 11 is 12.5. The van der Waals surface area contributed by atoms with Crippen molar-refractivity contribution >= 4 is 40.6 Å². The molecule has 0 radical (unpaired) electrons. The van der Waals surface area contributed by atoms with E-state index in [0.717, 1.165) is 25.9 Å². The van der Waals surface area contributed by atoms with E-state index in [2.05, 4.69) is 11.9 Å². The van der Waals surface area contributed by atoms with Gasteiger partial charge in [0, 0.05) is 43.9 Å². The normalized spacial score (nSPS) is 18.9. The van der Waals surface area contributed by atoms with Gasteiger partial charge in [-0.1, -0.05) is 29.3 Å². The Labute approximate surface area is 182 Å². The highest BCUT2D eigenvalue weighted by molar-refractivity contribution is 6.41. The van der Waals surface area contributed by atoms with Crippen LogP contribution in [-0.2, 0) is 14.3 Å². The number of benzene rings is 1. The molecule has 1 aromatic rings. The molecule has 1 aromatic carbocycles. The Morgan fingerprint density at radius 3 is 2.48 bits per heavy atom. The maximum absolute atomic E-state index is 13.3. The van der Waals surface area contributed by atoms with Crippen molar-refractivity contribution in [1.82, 2.24) is 14.7 Å². The summed E-state index contributed by atoms with van der Waals surface area (Å²) in [5.41, 5.74) is 1.32. The standard InChI is InChI=1S/C21H27Cl2N3O3/c1-24-10-7-15(8-11-24)25(2)19-18(16-6-5-14(22)13-17(16)23)20(27)26(21(19)28)9-4-12-29-3/h5-6,13,15H,4,7-12H2,1-3H3. The van der Waals surface area contributed by atoms with Crippen LogP contribution in [0.25, 0.3) is 5.57 Å². The van der Waals surface area contributed by atoms with Gasteiger partial charge in [0.25, 0.3) is 11.8 Å². The molecule has 1 saturated heterocycles. The van der Waals surface area contributed by atoms with E-state index in [0.29, 0.717) is 46.5 Å². The molecule has 158 valence electrons. The molecule has 2 aliphatic heterocycles. The summed E-state index contributed by atoms with van der Waals surface area (Å²) in [6.45, 7) is 2.71. The summed E-state index contributed by atoms with van der Waals surface area (Å²) in [7, 11) is 5.60. The topological polar surface area (TPSA) is 53.1 Å². The molecule has 0 atom stereocenters. The SMILES string of the molecule is COCCCN1C(=O)C(c2ccc(Cl)cc2Cl)=C(N(C)C2CCN(C)CC2)C1=O. The van der Waals surface area contributed by atoms with Gasteiger partial charge in [-0.2, -0.15) is 0 Å². The van der Waals surface area contributed by atoms with E-state index in [1.807, 2.05) is 11.9 Å². The van der Waals surface area contributed by atoms with Crippen molar-refractivity contribution < 1.29 is 14.3 Å². The van der Waals surface area contributed by atoms with Gasteiger partial charge in [0.15, 0.2) is 0 Å². The van der Waals surface area contributed by atoms with E-state index < -0.39 is 0 Å². The van der Waals surface area contributed by atoms with Crippen molar-refractivity contribution in [2.45, 2.75) is 25.3 Å². The molecule has 0 bridgehead atoms. The lowest BCUT2D eigenvalue weighted by Crippen LogP contribution is -2.43. The molecule has 29 heavy (non-hydrogen) atoms. The maximum atomic E-state index is 13.3. The summed E-state index contributed by atoms with van der Waals surface area (Å²) in [6.07, 6.45) is 2.45. The number of hydrogen-bond donors (Lipinski definition) is 0. The molecule has 3 rings (SSSR count). The van der Waals surface area contributed by atoms with E-state index in [1.54, 1.807) is 25.3 Å². The van der Waals surface area contributed by atoms with Gasteiger partial charge >= 0.3 is 0 Å². The Balaban J connectivity index is 2.00. The quantitative estimate of drug-likeness (QED) is 0.482. The molecule has 1 fully saturated rings. The highest BCUT2D eigenvalue weighted by Gasteiger charge is 2.42. The molecule has 0 N–H and O–H groups in total. The lowest BCUT2D eigenvalue weighted by Gasteiger charge is -2.36. The number of imide groups is 1. The second-order valence-electron chi connectivity index (χ2n) is 7.60. The van der Waals surface area contributed by atoms with Crippen LogP contribution in [0.15, 0.2) is 23.9 Å². The number of amides is 2. The number of carbonyl (C=O) groups excluding carboxylic acids is 2. The number of likely N-dealkylation sites (tertiary alicyclic amines) is 1. The lowest BCUT2D eigenvalue weighted by molar-refractivity contribution is -0.137. The van der Waals surface area contributed by atoms with Gasteiger partial charge in [-0.05, 0) is 51.5 Å². The summed E-state index contributed by atoms with van der Waals surface area (Å²) in [5, 5.41) is 0.847. The van der Waals surface area contributed by atoms with Gasteiger partial charge in [0.1, 0.15) is 5.70 Å². The largest absolute Gasteiger partial charge is 0.385 e. The minimum Gasteiger partial charge on any atom is -0.385 e. The van der Waals surface area contributed by atoms with Gasteiger partial charge in [-0.25, -0.2) is 0 Å². The smallest absolute Gasteiger partial charge is 0.277 e. The first-order valence-electron chi connectivity index (χ1n) is 9.81. The summed E-state index contributed by atoms with van der Waals surface area (Å²) in [5.74, 6) is -0.585. The average Bonchev–Trinajstić information content (AvgIpc) is 2.93. The third-order valence-electron chi connectivity index (χ3n) is 5.66. The van der Waals surface area contributed by atoms with Crippen molar-refractivity contribution in [3.63, 3.8) is 0 Å². The molecule has 2 heterocycles. The number of carbonyl (C=O) groups is 2. The first-order valence-corrected chi connectivity index (χ1v) is 10.6. The number of hydrogen-bond acceptors (Lipinski definition) is 5. The lowest BCUT2D eigenvalue weighted by atomic mass is 10.00. The number of piperidine rings is 1. The Hall–Kier alpha value is -1.60. The predicted octanol–water partition coefficient (Wildman–Crippen LogP) is 3.14. The molecular weight excluding hydrogens is 413 g/mol. The fourth-order valence-corrected chi connectivity index (χ4v) is 4.46. The van der Waals surface area contributed by atoms with Crippen LogP contribution >= 0.6 is 23.2 Å². The Morgan fingerprint density at radius 2 is 1.86 bits per heavy atom. The molecule has 0 spiro atoms. The predicted molar refractivity (Wildman–Crippen MR) is 115 cm³/mol. The maximum Gasteiger partial charge on any atom is 0.277 e. The average molecular weight is 440 g/mol. The van der Waals surface area contributed by atoms with E-state index in [9.17, 15) is 9.59 Å². The van der Waals surface area contributed by atoms with Crippen LogP contribution in [0.1, 0.15) is 24.8 Å². The zero-order valence-electron chi connectivity index (χ0n) is 17.1. The van der Waals surface area contributed by atoms with Crippen LogP contribution in [0.3, 0.4) is 0 Å². The second kappa shape index (κ2) is 9.47. The summed E-state index contributed by atoms with van der Waals surface area (Å²) in [4.78, 5) is 32.1. The molecule has 6 nitrogen and oxygen atoms in total. The monoisotopic (exact) mass is 439 g/mol. The fourth-order valence-electron chi connectivity index (χ4n) is 3.96. The van der Waals surface area contributed by atoms with Crippen molar-refractivity contribution in [2.24, 2.45) is 0 Å². The molecule has 2 aliphatic rings. The second-order valence-corrected chi connectivity index (χ2v) is 8.45. The van der Waals surface area contributed by atoms with E-state index >= 15 is 0 Å². The third-order valence-corrected chi connectivity index (χ3v) is 6.21. The first-order chi connectivity index (χ1) is 13.8. The third kappa shape index (κ3) is 4.61. The van der Waals surface area contributed by atoms with Crippen molar-refractivity contribution in [3.8, 4) is 0 Å². The number of likely N-dealkylation sites (N-methyl/N-ethyl adjacent to an activating group) is 1. The van der Waals surface area contributed by atoms with Crippen molar-refractivity contribution in [1.29, 1.82) is 0 Å². The van der Waals surface area contributed by atoms with Gasteiger partial charge < -0.3 is 14.5 Å². The van der Waals surface area contributed by atoms with Gasteiger partial charge in [0.2, 0.25) is 0 Å². The number of halogens is 2. The van der Waals surface area contributed by atoms with Crippen LogP contribution in [0.4, 0.5) is 0 Å². The van der Waals surface area contributed by atoms with E-state index in [-0.39, 0.29) is 17.9 Å². The molecule has 0 saturated carbocycles. The molecular formula is C21H27Cl2N3O3. The Morgan fingerprint density at radius 1 is 1.17 bits per heavy atom. The van der Waals surface area contributed by atoms with Gasteiger partial charge in [-0.3, -0.25) is 14.5 Å². The Bertz CT molecular complexity index is 819. The van der Waals surface area contributed by atoms with Crippen LogP contribution in [0.5, 0.6) is 0 Å². The Kier molecular flexibility index (Phi) is 7.22. The van der Waals surface area contributed by atoms with Gasteiger partial charge in [-0.15, -0.1) is 0 Å². The summed E-state index contributed by atoms with van der Waals surface area (Å²) in [6, 6.07) is 5.20. The van der Waals surface area contributed by atoms with Crippen molar-refractivity contribution in [2.75, 3.05) is 47.4 Å². The first kappa shape index (κ1) is 22.1. The molecule has 0 aliphatic carbocycles. The number of ether oxygens (including phenoxy) is 1. The number of rotatable bonds is 7. The van der Waals surface area contributed by atoms with Crippen LogP contribution in [0, 0.1) is 0 Å². The molecule has 8 heteroatoms. The van der Waals surface area contributed by atoms with Crippen LogP contribution < -0.4 is 0 Å². The highest BCUT2D eigenvalue weighted by atomic mass is 35.5. The summed E-state index contributed by atoms with van der Waals surface area (Å²) < 4.78 is 5.08. The fraction of sp³-hybridized carbons (Fsp3) is 0.524. The zero-order valence-corrected chi connectivity index (χ0v) is 18.6. The van der Waals surface area contributed by atoms with Gasteiger partial charge in [0.05, 0.1) is 10.6 Å². The molecule has 0 aromatic heterocycles. The van der Waals surface area contributed by atoms with Crippen LogP contribution in [0.2, 0.25) is 10.0 Å². The molecule has 0 unspecified atom stereocenters. The van der Waals surface area contributed by atoms with Crippen molar-refractivity contribution in [3.05, 3.63) is 39.5 Å². The highest BCUT2D eigenvalue weighted by Crippen LogP contribution is 2.37. The minimum atomic E-state index is -0.315. The van der Waals surface area contributed by atoms with E-state index in [4.69, 9.17) is 27.9 Å². The zero-order chi connectivity index (χ0) is 21.1. The minimum absolute atomic E-state index is 0.193. The number of methoxy groups -OCH3 is 1.